The molecule has 1 aromatic carbocycles. The number of nitrogens with zero attached hydrogens (tertiary/aromatic N) is 2. The Morgan fingerprint density at radius 1 is 1.29 bits per heavy atom. The molecule has 0 aliphatic carbocycles. The molecule has 1 fully saturated rings. The summed E-state index contributed by atoms with van der Waals surface area (Å²) in [5.74, 6) is 1.44. The normalized spacial score (nSPS) is 17.4. The van der Waals surface area contributed by atoms with Crippen LogP contribution in [0.4, 0.5) is 0 Å². The smallest absolute Gasteiger partial charge is 0.191 e. The van der Waals surface area contributed by atoms with Gasteiger partial charge in [-0.1, -0.05) is 11.6 Å². The minimum Gasteiger partial charge on any atom is -0.492 e. The van der Waals surface area contributed by atoms with Crippen molar-refractivity contribution in [3.63, 3.8) is 0 Å². The second kappa shape index (κ2) is 13.4. The first kappa shape index (κ1) is 25.2. The van der Waals surface area contributed by atoms with E-state index in [0.717, 1.165) is 38.6 Å². The van der Waals surface area contributed by atoms with Gasteiger partial charge in [0.15, 0.2) is 5.96 Å². The molecule has 9 heteroatoms. The second-order valence-electron chi connectivity index (χ2n) is 6.81. The van der Waals surface area contributed by atoms with Crippen molar-refractivity contribution >= 4 is 41.5 Å². The van der Waals surface area contributed by atoms with Gasteiger partial charge in [-0.3, -0.25) is 9.89 Å². The van der Waals surface area contributed by atoms with Crippen molar-refractivity contribution in [2.24, 2.45) is 4.99 Å². The van der Waals surface area contributed by atoms with Crippen LogP contribution in [0.3, 0.4) is 0 Å². The minimum atomic E-state index is -0.889. The number of rotatable bonds is 9. The molecule has 0 radical (unpaired) electrons. The highest BCUT2D eigenvalue weighted by molar-refractivity contribution is 14.0. The van der Waals surface area contributed by atoms with Crippen LogP contribution < -0.4 is 15.4 Å². The lowest BCUT2D eigenvalue weighted by atomic mass is 10.1. The van der Waals surface area contributed by atoms with Crippen LogP contribution in [0.1, 0.15) is 13.8 Å². The molecular weight excluding hydrogens is 495 g/mol. The molecule has 0 aromatic heterocycles. The van der Waals surface area contributed by atoms with Gasteiger partial charge < -0.3 is 25.2 Å². The minimum absolute atomic E-state index is 0. The number of ether oxygens (including phenoxy) is 2. The van der Waals surface area contributed by atoms with E-state index in [9.17, 15) is 5.11 Å². The third-order valence-electron chi connectivity index (χ3n) is 4.07. The molecule has 0 saturated carbocycles. The summed E-state index contributed by atoms with van der Waals surface area (Å²) < 4.78 is 11.0. The Labute approximate surface area is 189 Å². The maximum atomic E-state index is 10.6. The first-order valence-corrected chi connectivity index (χ1v) is 9.79. The number of halogens is 2. The summed E-state index contributed by atoms with van der Waals surface area (Å²) in [5, 5.41) is 17.7. The van der Waals surface area contributed by atoms with E-state index in [-0.39, 0.29) is 24.0 Å². The highest BCUT2D eigenvalue weighted by Crippen LogP contribution is 2.15. The predicted octanol–water partition coefficient (Wildman–Crippen LogP) is 1.98. The fourth-order valence-electron chi connectivity index (χ4n) is 2.75. The standard InChI is InChI=1S/C19H31ClN4O3.HI/c1-3-21-18(22-8-11-27-17-6-4-16(20)5-7-17)23-14-19(2,25)15-24-9-12-26-13-10-24;/h4-7,25H,3,8-15H2,1-2H3,(H2,21,22,23);1H. The van der Waals surface area contributed by atoms with Crippen LogP contribution in [0.15, 0.2) is 29.3 Å². The zero-order chi connectivity index (χ0) is 19.5. The summed E-state index contributed by atoms with van der Waals surface area (Å²) in [6.07, 6.45) is 0. The molecular formula is C19H32ClIN4O3. The zero-order valence-electron chi connectivity index (χ0n) is 16.6. The van der Waals surface area contributed by atoms with Crippen LogP contribution >= 0.6 is 35.6 Å². The molecule has 28 heavy (non-hydrogen) atoms. The van der Waals surface area contributed by atoms with E-state index in [0.29, 0.717) is 37.2 Å². The molecule has 2 rings (SSSR count). The number of morpholine rings is 1. The summed E-state index contributed by atoms with van der Waals surface area (Å²) in [7, 11) is 0. The van der Waals surface area contributed by atoms with Gasteiger partial charge in [0.25, 0.3) is 0 Å². The molecule has 1 unspecified atom stereocenters. The van der Waals surface area contributed by atoms with Crippen molar-refractivity contribution in [1.82, 2.24) is 15.5 Å². The third kappa shape index (κ3) is 10.1. The first-order chi connectivity index (χ1) is 13.0. The fraction of sp³-hybridized carbons (Fsp3) is 0.632. The SMILES string of the molecule is CCNC(=NCC(C)(O)CN1CCOCC1)NCCOc1ccc(Cl)cc1.I. The number of nitrogens with one attached hydrogen (secondary N) is 2. The summed E-state index contributed by atoms with van der Waals surface area (Å²) in [6.45, 7) is 9.70. The zero-order valence-corrected chi connectivity index (χ0v) is 19.7. The Morgan fingerprint density at radius 2 is 1.96 bits per heavy atom. The Morgan fingerprint density at radius 3 is 2.61 bits per heavy atom. The molecule has 1 heterocycles. The van der Waals surface area contributed by atoms with E-state index >= 15 is 0 Å². The van der Waals surface area contributed by atoms with Crippen LogP contribution in [0.25, 0.3) is 0 Å². The van der Waals surface area contributed by atoms with Crippen LogP contribution in [-0.4, -0.2) is 80.7 Å². The molecule has 0 bridgehead atoms. The van der Waals surface area contributed by atoms with E-state index in [2.05, 4.69) is 20.5 Å². The predicted molar refractivity (Wildman–Crippen MR) is 124 cm³/mol. The Hall–Kier alpha value is -0.810. The number of hydrogen-bond donors (Lipinski definition) is 3. The molecule has 0 spiro atoms. The van der Waals surface area contributed by atoms with Crippen molar-refractivity contribution in [3.05, 3.63) is 29.3 Å². The monoisotopic (exact) mass is 526 g/mol. The van der Waals surface area contributed by atoms with Gasteiger partial charge in [0.05, 0.1) is 31.9 Å². The van der Waals surface area contributed by atoms with Crippen molar-refractivity contribution < 1.29 is 14.6 Å². The Kier molecular flexibility index (Phi) is 12.1. The molecule has 7 nitrogen and oxygen atoms in total. The van der Waals surface area contributed by atoms with Crippen molar-refractivity contribution in [3.8, 4) is 5.75 Å². The number of benzene rings is 1. The van der Waals surface area contributed by atoms with E-state index in [4.69, 9.17) is 21.1 Å². The van der Waals surface area contributed by atoms with Gasteiger partial charge in [0.2, 0.25) is 0 Å². The summed E-state index contributed by atoms with van der Waals surface area (Å²) in [4.78, 5) is 6.73. The highest BCUT2D eigenvalue weighted by Gasteiger charge is 2.25. The number of hydrogen-bond acceptors (Lipinski definition) is 5. The maximum Gasteiger partial charge on any atom is 0.191 e. The summed E-state index contributed by atoms with van der Waals surface area (Å²) in [6, 6.07) is 7.27. The van der Waals surface area contributed by atoms with E-state index < -0.39 is 5.60 Å². The molecule has 1 aromatic rings. The van der Waals surface area contributed by atoms with Gasteiger partial charge in [-0.25, -0.2) is 0 Å². The van der Waals surface area contributed by atoms with E-state index in [1.165, 1.54) is 0 Å². The molecule has 1 aliphatic heterocycles. The van der Waals surface area contributed by atoms with Gasteiger partial charge in [-0.05, 0) is 38.1 Å². The van der Waals surface area contributed by atoms with Crippen molar-refractivity contribution in [2.45, 2.75) is 19.4 Å². The largest absolute Gasteiger partial charge is 0.492 e. The third-order valence-corrected chi connectivity index (χ3v) is 4.32. The van der Waals surface area contributed by atoms with Crippen LogP contribution in [0, 0.1) is 0 Å². The Bertz CT molecular complexity index is 581. The highest BCUT2D eigenvalue weighted by atomic mass is 127. The van der Waals surface area contributed by atoms with Gasteiger partial charge in [-0.2, -0.15) is 0 Å². The lowest BCUT2D eigenvalue weighted by Crippen LogP contribution is -2.48. The lowest BCUT2D eigenvalue weighted by Gasteiger charge is -2.33. The van der Waals surface area contributed by atoms with E-state index in [1.54, 1.807) is 12.1 Å². The van der Waals surface area contributed by atoms with Gasteiger partial charge in [-0.15, -0.1) is 24.0 Å². The molecule has 1 aliphatic rings. The maximum absolute atomic E-state index is 10.6. The number of β-amino-alcohol motifs (C(OH)–C–C–N with tert-alkyl or cyclic N) is 1. The topological polar surface area (TPSA) is 78.4 Å². The number of aliphatic hydroxyl groups is 1. The number of guanidine groups is 1. The molecule has 1 saturated heterocycles. The van der Waals surface area contributed by atoms with Crippen LogP contribution in [0.2, 0.25) is 5.02 Å². The average Bonchev–Trinajstić information content (AvgIpc) is 2.65. The van der Waals surface area contributed by atoms with Crippen molar-refractivity contribution in [1.29, 1.82) is 0 Å². The van der Waals surface area contributed by atoms with Gasteiger partial charge in [0.1, 0.15) is 12.4 Å². The van der Waals surface area contributed by atoms with Crippen LogP contribution in [-0.2, 0) is 4.74 Å². The fourth-order valence-corrected chi connectivity index (χ4v) is 2.88. The van der Waals surface area contributed by atoms with Crippen molar-refractivity contribution in [2.75, 3.05) is 59.1 Å². The second-order valence-corrected chi connectivity index (χ2v) is 7.25. The summed E-state index contributed by atoms with van der Waals surface area (Å²) in [5.41, 5.74) is -0.889. The molecule has 1 atom stereocenters. The molecule has 0 amide bonds. The van der Waals surface area contributed by atoms with E-state index in [1.807, 2.05) is 26.0 Å². The summed E-state index contributed by atoms with van der Waals surface area (Å²) >= 11 is 5.86. The first-order valence-electron chi connectivity index (χ1n) is 9.41. The molecule has 160 valence electrons. The molecule has 3 N–H and O–H groups in total. The van der Waals surface area contributed by atoms with Gasteiger partial charge >= 0.3 is 0 Å². The number of aliphatic imine (C=N–C) groups is 1. The Balaban J connectivity index is 0.00000392. The average molecular weight is 527 g/mol. The van der Waals surface area contributed by atoms with Gasteiger partial charge in [0, 0.05) is 31.2 Å². The quantitative estimate of drug-likeness (QED) is 0.198. The van der Waals surface area contributed by atoms with Crippen LogP contribution in [0.5, 0.6) is 5.75 Å². The lowest BCUT2D eigenvalue weighted by molar-refractivity contribution is -0.0179.